The molecule has 0 radical (unpaired) electrons. The Balaban J connectivity index is 1.50. The van der Waals surface area contributed by atoms with Crippen LogP contribution in [0, 0.1) is 11.6 Å². The maximum Gasteiger partial charge on any atom is 0.159 e. The monoisotopic (exact) mass is 348 g/mol. The molecule has 1 aromatic carbocycles. The van der Waals surface area contributed by atoms with Gasteiger partial charge in [0.2, 0.25) is 0 Å². The molecule has 2 aromatic rings. The van der Waals surface area contributed by atoms with Gasteiger partial charge >= 0.3 is 0 Å². The van der Waals surface area contributed by atoms with Crippen LogP contribution in [0.4, 0.5) is 8.78 Å². The third kappa shape index (κ3) is 4.44. The summed E-state index contributed by atoms with van der Waals surface area (Å²) in [6, 6.07) is 4.62. The molecule has 0 saturated carbocycles. The molecule has 136 valence electrons. The summed E-state index contributed by atoms with van der Waals surface area (Å²) < 4.78 is 28.6. The second-order valence-electron chi connectivity index (χ2n) is 6.76. The molecule has 0 spiro atoms. The number of halogens is 2. The van der Waals surface area contributed by atoms with Crippen LogP contribution in [0.3, 0.4) is 0 Å². The van der Waals surface area contributed by atoms with Gasteiger partial charge in [0.05, 0.1) is 0 Å². The van der Waals surface area contributed by atoms with Crippen molar-refractivity contribution < 1.29 is 8.78 Å². The maximum atomic E-state index is 13.3. The van der Waals surface area contributed by atoms with E-state index in [2.05, 4.69) is 39.4 Å². The Morgan fingerprint density at radius 2 is 1.88 bits per heavy atom. The lowest BCUT2D eigenvalue weighted by atomic mass is 10.1. The summed E-state index contributed by atoms with van der Waals surface area (Å²) in [5, 5.41) is 0. The van der Waals surface area contributed by atoms with Crippen molar-refractivity contribution in [2.75, 3.05) is 26.2 Å². The first-order chi connectivity index (χ1) is 12.1. The summed E-state index contributed by atoms with van der Waals surface area (Å²) in [7, 11) is 0. The van der Waals surface area contributed by atoms with Crippen LogP contribution in [0.2, 0.25) is 0 Å². The molecule has 1 unspecified atom stereocenters. The SMILES string of the molecule is CCc1nccn1CC(C)N1CCN(Cc2ccc(F)c(F)c2)CC1. The van der Waals surface area contributed by atoms with Crippen LogP contribution in [-0.2, 0) is 19.5 Å². The highest BCUT2D eigenvalue weighted by Gasteiger charge is 2.22. The Morgan fingerprint density at radius 3 is 2.56 bits per heavy atom. The van der Waals surface area contributed by atoms with E-state index < -0.39 is 11.6 Å². The fraction of sp³-hybridized carbons (Fsp3) is 0.526. The van der Waals surface area contributed by atoms with E-state index in [4.69, 9.17) is 0 Å². The van der Waals surface area contributed by atoms with Gasteiger partial charge in [0.25, 0.3) is 0 Å². The zero-order valence-electron chi connectivity index (χ0n) is 15.0. The minimum atomic E-state index is -0.784. The van der Waals surface area contributed by atoms with Crippen molar-refractivity contribution in [2.24, 2.45) is 0 Å². The van der Waals surface area contributed by atoms with Gasteiger partial charge in [-0.1, -0.05) is 13.0 Å². The summed E-state index contributed by atoms with van der Waals surface area (Å²) in [6.07, 6.45) is 4.86. The van der Waals surface area contributed by atoms with Gasteiger partial charge in [-0.3, -0.25) is 9.80 Å². The number of piperazine rings is 1. The van der Waals surface area contributed by atoms with E-state index in [1.807, 2.05) is 6.20 Å². The van der Waals surface area contributed by atoms with Gasteiger partial charge < -0.3 is 4.57 Å². The molecule has 6 heteroatoms. The lowest BCUT2D eigenvalue weighted by Gasteiger charge is -2.38. The number of aromatic nitrogens is 2. The lowest BCUT2D eigenvalue weighted by molar-refractivity contribution is 0.0908. The molecule has 1 aliphatic rings. The molecule has 4 nitrogen and oxygen atoms in total. The quantitative estimate of drug-likeness (QED) is 0.802. The van der Waals surface area contributed by atoms with Crippen LogP contribution >= 0.6 is 0 Å². The van der Waals surface area contributed by atoms with E-state index in [9.17, 15) is 8.78 Å². The predicted molar refractivity (Wildman–Crippen MR) is 94.3 cm³/mol. The van der Waals surface area contributed by atoms with Gasteiger partial charge in [-0.2, -0.15) is 0 Å². The molecule has 0 bridgehead atoms. The number of rotatable bonds is 6. The molecular formula is C19H26F2N4. The minimum Gasteiger partial charge on any atom is -0.333 e. The highest BCUT2D eigenvalue weighted by Crippen LogP contribution is 2.14. The molecule has 1 fully saturated rings. The molecule has 0 N–H and O–H groups in total. The molecule has 0 aliphatic carbocycles. The number of benzene rings is 1. The van der Waals surface area contributed by atoms with Crippen LogP contribution in [-0.4, -0.2) is 51.6 Å². The Morgan fingerprint density at radius 1 is 1.12 bits per heavy atom. The summed E-state index contributed by atoms with van der Waals surface area (Å²) in [4.78, 5) is 9.17. The number of nitrogens with zero attached hydrogens (tertiary/aromatic N) is 4. The number of imidazole rings is 1. The minimum absolute atomic E-state index is 0.449. The topological polar surface area (TPSA) is 24.3 Å². The Labute approximate surface area is 148 Å². The third-order valence-corrected chi connectivity index (χ3v) is 5.00. The van der Waals surface area contributed by atoms with Crippen LogP contribution in [0.1, 0.15) is 25.2 Å². The van der Waals surface area contributed by atoms with E-state index >= 15 is 0 Å². The maximum absolute atomic E-state index is 13.3. The van der Waals surface area contributed by atoms with Crippen molar-refractivity contribution >= 4 is 0 Å². The van der Waals surface area contributed by atoms with E-state index in [1.165, 1.54) is 12.1 Å². The lowest BCUT2D eigenvalue weighted by Crippen LogP contribution is -2.50. The van der Waals surface area contributed by atoms with Crippen LogP contribution in [0.5, 0.6) is 0 Å². The van der Waals surface area contributed by atoms with Gasteiger partial charge in [-0.25, -0.2) is 13.8 Å². The zero-order chi connectivity index (χ0) is 17.8. The van der Waals surface area contributed by atoms with Gasteiger partial charge in [0.15, 0.2) is 11.6 Å². The van der Waals surface area contributed by atoms with Crippen LogP contribution in [0.25, 0.3) is 0 Å². The Hall–Kier alpha value is -1.79. The molecular weight excluding hydrogens is 322 g/mol. The first-order valence-electron chi connectivity index (χ1n) is 8.97. The summed E-state index contributed by atoms with van der Waals surface area (Å²) in [6.45, 7) is 9.85. The molecule has 1 saturated heterocycles. The standard InChI is InChI=1S/C19H26F2N4/c1-3-19-22-6-7-25(19)13-15(2)24-10-8-23(9-11-24)14-16-4-5-17(20)18(21)12-16/h4-7,12,15H,3,8-11,13-14H2,1-2H3. The van der Waals surface area contributed by atoms with Gasteiger partial charge in [0, 0.05) is 64.1 Å². The van der Waals surface area contributed by atoms with Crippen molar-refractivity contribution in [1.29, 1.82) is 0 Å². The van der Waals surface area contributed by atoms with Crippen molar-refractivity contribution in [2.45, 2.75) is 39.4 Å². The Kier molecular flexibility index (Phi) is 5.81. The van der Waals surface area contributed by atoms with Gasteiger partial charge in [-0.05, 0) is 24.6 Å². The number of hydrogen-bond donors (Lipinski definition) is 0. The zero-order valence-corrected chi connectivity index (χ0v) is 15.0. The van der Waals surface area contributed by atoms with E-state index in [0.29, 0.717) is 12.6 Å². The molecule has 0 amide bonds. The second kappa shape index (κ2) is 8.06. The molecule has 1 aliphatic heterocycles. The van der Waals surface area contributed by atoms with Crippen molar-refractivity contribution in [1.82, 2.24) is 19.4 Å². The van der Waals surface area contributed by atoms with Crippen LogP contribution in [0.15, 0.2) is 30.6 Å². The first-order valence-corrected chi connectivity index (χ1v) is 8.97. The van der Waals surface area contributed by atoms with Gasteiger partial charge in [-0.15, -0.1) is 0 Å². The molecule has 2 heterocycles. The van der Waals surface area contributed by atoms with E-state index in [-0.39, 0.29) is 0 Å². The molecule has 3 rings (SSSR count). The largest absolute Gasteiger partial charge is 0.333 e. The third-order valence-electron chi connectivity index (χ3n) is 5.00. The fourth-order valence-electron chi connectivity index (χ4n) is 3.48. The Bertz CT molecular complexity index is 692. The summed E-state index contributed by atoms with van der Waals surface area (Å²) >= 11 is 0. The first kappa shape index (κ1) is 18.0. The molecule has 25 heavy (non-hydrogen) atoms. The number of aryl methyl sites for hydroxylation is 1. The summed E-state index contributed by atoms with van der Waals surface area (Å²) in [5.41, 5.74) is 0.825. The highest BCUT2D eigenvalue weighted by molar-refractivity contribution is 5.17. The van der Waals surface area contributed by atoms with E-state index in [1.54, 1.807) is 6.07 Å². The summed E-state index contributed by atoms with van der Waals surface area (Å²) in [5.74, 6) is -0.422. The van der Waals surface area contributed by atoms with Crippen molar-refractivity contribution in [3.63, 3.8) is 0 Å². The van der Waals surface area contributed by atoms with Crippen molar-refractivity contribution in [3.05, 3.63) is 53.6 Å². The van der Waals surface area contributed by atoms with Gasteiger partial charge in [0.1, 0.15) is 5.82 Å². The average Bonchev–Trinajstić information content (AvgIpc) is 3.06. The van der Waals surface area contributed by atoms with Crippen LogP contribution < -0.4 is 0 Å². The highest BCUT2D eigenvalue weighted by atomic mass is 19.2. The second-order valence-corrected chi connectivity index (χ2v) is 6.76. The van der Waals surface area contributed by atoms with E-state index in [0.717, 1.165) is 50.5 Å². The van der Waals surface area contributed by atoms with Crippen molar-refractivity contribution in [3.8, 4) is 0 Å². The average molecular weight is 348 g/mol. The predicted octanol–water partition coefficient (Wildman–Crippen LogP) is 2.93. The normalized spacial score (nSPS) is 17.8. The molecule has 1 atom stereocenters. The number of hydrogen-bond acceptors (Lipinski definition) is 3. The fourth-order valence-corrected chi connectivity index (χ4v) is 3.48. The smallest absolute Gasteiger partial charge is 0.159 e. The molecule has 1 aromatic heterocycles.